The van der Waals surface area contributed by atoms with Crippen LogP contribution in [0.4, 0.5) is 10.1 Å². The lowest BCUT2D eigenvalue weighted by Crippen LogP contribution is -2.52. The molecule has 3 aromatic rings. The third kappa shape index (κ3) is 7.36. The monoisotopic (exact) mass is 573 g/mol. The van der Waals surface area contributed by atoms with E-state index in [-0.39, 0.29) is 28.7 Å². The summed E-state index contributed by atoms with van der Waals surface area (Å²) in [7, 11) is -4.22. The minimum Gasteiger partial charge on any atom is -0.352 e. The molecule has 0 saturated heterocycles. The van der Waals surface area contributed by atoms with Crippen LogP contribution >= 0.6 is 11.6 Å². The number of benzene rings is 3. The van der Waals surface area contributed by atoms with Gasteiger partial charge in [-0.25, -0.2) is 12.8 Å². The van der Waals surface area contributed by atoms with Crippen molar-refractivity contribution in [1.29, 1.82) is 0 Å². The van der Waals surface area contributed by atoms with Crippen LogP contribution in [-0.4, -0.2) is 43.8 Å². The lowest BCUT2D eigenvalue weighted by Gasteiger charge is -2.32. The fraction of sp³-hybridized carbons (Fsp3) is 0.310. The predicted octanol–water partition coefficient (Wildman–Crippen LogP) is 5.23. The Morgan fingerprint density at radius 2 is 1.62 bits per heavy atom. The summed E-state index contributed by atoms with van der Waals surface area (Å²) in [6, 6.07) is 15.7. The normalized spacial score (nSPS) is 12.2. The minimum atomic E-state index is -4.22. The topological polar surface area (TPSA) is 86.8 Å². The van der Waals surface area contributed by atoms with Gasteiger partial charge in [-0.1, -0.05) is 53.6 Å². The number of hydrogen-bond donors (Lipinski definition) is 1. The van der Waals surface area contributed by atoms with Crippen LogP contribution in [0.5, 0.6) is 0 Å². The zero-order valence-electron chi connectivity index (χ0n) is 22.6. The molecule has 0 aliphatic heterocycles. The summed E-state index contributed by atoms with van der Waals surface area (Å²) in [5, 5.41) is 3.09. The molecule has 3 rings (SSSR count). The lowest BCUT2D eigenvalue weighted by molar-refractivity contribution is -0.139. The lowest BCUT2D eigenvalue weighted by atomic mass is 10.1. The van der Waals surface area contributed by atoms with Crippen molar-refractivity contribution in [3.05, 3.63) is 94.3 Å². The zero-order valence-corrected chi connectivity index (χ0v) is 24.2. The molecule has 3 aromatic carbocycles. The first-order valence-electron chi connectivity index (χ1n) is 12.5. The maximum Gasteiger partial charge on any atom is 0.264 e. The molecule has 0 aliphatic rings. The second kappa shape index (κ2) is 12.6. The van der Waals surface area contributed by atoms with Crippen LogP contribution in [0.2, 0.25) is 5.02 Å². The van der Waals surface area contributed by atoms with E-state index < -0.39 is 40.2 Å². The first kappa shape index (κ1) is 30.1. The number of sulfonamides is 1. The highest BCUT2D eigenvalue weighted by molar-refractivity contribution is 7.92. The molecule has 0 spiro atoms. The quantitative estimate of drug-likeness (QED) is 0.360. The van der Waals surface area contributed by atoms with Gasteiger partial charge in [-0.3, -0.25) is 13.9 Å². The molecule has 0 aliphatic carbocycles. The standard InChI is InChI=1S/C29H33ClFN3O4S/c1-19(2)32-29(36)22(5)33(17-23-8-6-7-9-27(23)31)28(35)18-34(24-13-12-21(4)26(30)16-24)39(37,38)25-14-10-20(3)11-15-25/h6-16,19,22H,17-18H2,1-5H3,(H,32,36). The third-order valence-corrected chi connectivity index (χ3v) is 8.42. The summed E-state index contributed by atoms with van der Waals surface area (Å²) in [5.74, 6) is -1.67. The van der Waals surface area contributed by atoms with E-state index in [9.17, 15) is 22.4 Å². The first-order valence-corrected chi connectivity index (χ1v) is 14.3. The number of hydrogen-bond acceptors (Lipinski definition) is 4. The maximum atomic E-state index is 14.6. The second-order valence-corrected chi connectivity index (χ2v) is 12.0. The average Bonchev–Trinajstić information content (AvgIpc) is 2.87. The van der Waals surface area contributed by atoms with Gasteiger partial charge in [0.15, 0.2) is 0 Å². The molecule has 0 aromatic heterocycles. The number of amides is 2. The van der Waals surface area contributed by atoms with Gasteiger partial charge in [-0.05, 0) is 70.5 Å². The summed E-state index contributed by atoms with van der Waals surface area (Å²) < 4.78 is 43.2. The van der Waals surface area contributed by atoms with Gasteiger partial charge < -0.3 is 10.2 Å². The average molecular weight is 574 g/mol. The molecule has 7 nitrogen and oxygen atoms in total. The molecule has 10 heteroatoms. The van der Waals surface area contributed by atoms with Crippen LogP contribution < -0.4 is 9.62 Å². The van der Waals surface area contributed by atoms with Gasteiger partial charge in [0, 0.05) is 23.2 Å². The fourth-order valence-electron chi connectivity index (χ4n) is 3.90. The number of nitrogens with zero attached hydrogens (tertiary/aromatic N) is 2. The van der Waals surface area contributed by atoms with Crippen molar-refractivity contribution in [2.45, 2.75) is 58.1 Å². The van der Waals surface area contributed by atoms with Gasteiger partial charge in [-0.15, -0.1) is 0 Å². The molecular weight excluding hydrogens is 541 g/mol. The molecule has 0 fully saturated rings. The molecule has 1 N–H and O–H groups in total. The van der Waals surface area contributed by atoms with Crippen LogP contribution in [-0.2, 0) is 26.2 Å². The number of nitrogens with one attached hydrogen (secondary N) is 1. The van der Waals surface area contributed by atoms with Crippen LogP contribution in [0.25, 0.3) is 0 Å². The van der Waals surface area contributed by atoms with Gasteiger partial charge in [0.05, 0.1) is 10.6 Å². The molecular formula is C29H33ClFN3O4S. The Hall–Kier alpha value is -3.43. The van der Waals surface area contributed by atoms with Gasteiger partial charge >= 0.3 is 0 Å². The molecule has 39 heavy (non-hydrogen) atoms. The Labute approximate surface area is 234 Å². The fourth-order valence-corrected chi connectivity index (χ4v) is 5.48. The van der Waals surface area contributed by atoms with E-state index in [0.29, 0.717) is 5.02 Å². The maximum absolute atomic E-state index is 14.6. The molecule has 1 atom stereocenters. The molecule has 0 radical (unpaired) electrons. The van der Waals surface area contributed by atoms with Crippen molar-refractivity contribution in [2.24, 2.45) is 0 Å². The molecule has 2 amide bonds. The Morgan fingerprint density at radius 1 is 0.974 bits per heavy atom. The molecule has 1 unspecified atom stereocenters. The highest BCUT2D eigenvalue weighted by Gasteiger charge is 2.33. The van der Waals surface area contributed by atoms with Crippen LogP contribution in [0.3, 0.4) is 0 Å². The minimum absolute atomic E-state index is 0.0103. The molecule has 208 valence electrons. The van der Waals surface area contributed by atoms with E-state index in [0.717, 1.165) is 15.4 Å². The highest BCUT2D eigenvalue weighted by atomic mass is 35.5. The Balaban J connectivity index is 2.07. The van der Waals surface area contributed by atoms with Crippen molar-refractivity contribution < 1.29 is 22.4 Å². The number of carbonyl (C=O) groups is 2. The Morgan fingerprint density at radius 3 is 2.21 bits per heavy atom. The van der Waals surface area contributed by atoms with Crippen LogP contribution in [0.1, 0.15) is 37.5 Å². The van der Waals surface area contributed by atoms with Gasteiger partial charge in [0.1, 0.15) is 18.4 Å². The smallest absolute Gasteiger partial charge is 0.264 e. The zero-order chi connectivity index (χ0) is 28.9. The van der Waals surface area contributed by atoms with Crippen LogP contribution in [0.15, 0.2) is 71.6 Å². The number of carbonyl (C=O) groups excluding carboxylic acids is 2. The highest BCUT2D eigenvalue weighted by Crippen LogP contribution is 2.29. The van der Waals surface area contributed by atoms with Gasteiger partial charge in [0.25, 0.3) is 10.0 Å². The van der Waals surface area contributed by atoms with Crippen molar-refractivity contribution in [3.63, 3.8) is 0 Å². The van der Waals surface area contributed by atoms with Crippen molar-refractivity contribution >= 4 is 39.1 Å². The van der Waals surface area contributed by atoms with Gasteiger partial charge in [-0.2, -0.15) is 0 Å². The Kier molecular flexibility index (Phi) is 9.74. The third-order valence-electron chi connectivity index (χ3n) is 6.23. The van der Waals surface area contributed by atoms with E-state index in [1.807, 2.05) is 6.92 Å². The van der Waals surface area contributed by atoms with Crippen molar-refractivity contribution in [3.8, 4) is 0 Å². The van der Waals surface area contributed by atoms with E-state index in [2.05, 4.69) is 5.32 Å². The van der Waals surface area contributed by atoms with Crippen molar-refractivity contribution in [1.82, 2.24) is 10.2 Å². The summed E-state index contributed by atoms with van der Waals surface area (Å²) >= 11 is 6.33. The summed E-state index contributed by atoms with van der Waals surface area (Å²) in [6.45, 7) is 7.84. The summed E-state index contributed by atoms with van der Waals surface area (Å²) in [6.07, 6.45) is 0. The van der Waals surface area contributed by atoms with E-state index in [1.165, 1.54) is 48.2 Å². The molecule has 0 heterocycles. The van der Waals surface area contributed by atoms with Crippen LogP contribution in [0, 0.1) is 19.7 Å². The molecule has 0 bridgehead atoms. The largest absolute Gasteiger partial charge is 0.352 e. The SMILES string of the molecule is Cc1ccc(S(=O)(=O)N(CC(=O)N(Cc2ccccc2F)C(C)C(=O)NC(C)C)c2ccc(C)c(Cl)c2)cc1. The van der Waals surface area contributed by atoms with E-state index in [4.69, 9.17) is 11.6 Å². The van der Waals surface area contributed by atoms with Crippen molar-refractivity contribution in [2.75, 3.05) is 10.8 Å². The second-order valence-electron chi connectivity index (χ2n) is 9.71. The number of halogens is 2. The van der Waals surface area contributed by atoms with E-state index >= 15 is 0 Å². The predicted molar refractivity (Wildman–Crippen MR) is 152 cm³/mol. The number of anilines is 1. The summed E-state index contributed by atoms with van der Waals surface area (Å²) in [5.41, 5.74) is 1.99. The van der Waals surface area contributed by atoms with E-state index in [1.54, 1.807) is 51.1 Å². The Bertz CT molecular complexity index is 1450. The molecule has 0 saturated carbocycles. The first-order chi connectivity index (χ1) is 18.3. The number of rotatable bonds is 10. The number of aryl methyl sites for hydroxylation is 2. The summed E-state index contributed by atoms with van der Waals surface area (Å²) in [4.78, 5) is 27.9. The van der Waals surface area contributed by atoms with Gasteiger partial charge in [0.2, 0.25) is 11.8 Å².